The minimum Gasteiger partial charge on any atom is -0.348 e. The zero-order chi connectivity index (χ0) is 17.0. The van der Waals surface area contributed by atoms with Gasteiger partial charge in [-0.05, 0) is 38.8 Å². The number of rotatable bonds is 4. The van der Waals surface area contributed by atoms with Crippen molar-refractivity contribution in [1.82, 2.24) is 10.2 Å². The van der Waals surface area contributed by atoms with Gasteiger partial charge >= 0.3 is 6.18 Å². The molecule has 1 aliphatic heterocycles. The molecule has 3 atom stereocenters. The Labute approximate surface area is 134 Å². The van der Waals surface area contributed by atoms with Gasteiger partial charge in [0.05, 0.1) is 18.0 Å². The summed E-state index contributed by atoms with van der Waals surface area (Å²) >= 11 is 0. The predicted molar refractivity (Wildman–Crippen MR) is 82.8 cm³/mol. The largest absolute Gasteiger partial charge is 0.393 e. The van der Waals surface area contributed by atoms with Crippen molar-refractivity contribution in [3.05, 3.63) is 35.9 Å². The Morgan fingerprint density at radius 2 is 1.91 bits per heavy atom. The van der Waals surface area contributed by atoms with Gasteiger partial charge in [0.25, 0.3) is 0 Å². The molecule has 1 N–H and O–H groups in total. The van der Waals surface area contributed by atoms with Gasteiger partial charge < -0.3 is 5.32 Å². The molecule has 1 aromatic rings. The van der Waals surface area contributed by atoms with Crippen molar-refractivity contribution in [2.45, 2.75) is 44.9 Å². The molecule has 1 heterocycles. The fourth-order valence-electron chi connectivity index (χ4n) is 2.95. The van der Waals surface area contributed by atoms with E-state index in [1.54, 1.807) is 11.8 Å². The van der Waals surface area contributed by atoms with Gasteiger partial charge in [-0.2, -0.15) is 13.2 Å². The van der Waals surface area contributed by atoms with Crippen LogP contribution in [0.25, 0.3) is 0 Å². The number of halogens is 3. The molecule has 0 radical (unpaired) electrons. The molecule has 1 aliphatic rings. The second-order valence-corrected chi connectivity index (χ2v) is 6.19. The molecule has 0 spiro atoms. The Morgan fingerprint density at radius 3 is 2.52 bits per heavy atom. The van der Waals surface area contributed by atoms with Gasteiger partial charge in [0.1, 0.15) is 0 Å². The van der Waals surface area contributed by atoms with Crippen LogP contribution >= 0.6 is 0 Å². The van der Waals surface area contributed by atoms with E-state index in [2.05, 4.69) is 5.32 Å². The van der Waals surface area contributed by atoms with Crippen molar-refractivity contribution in [1.29, 1.82) is 0 Å². The first-order valence-corrected chi connectivity index (χ1v) is 7.95. The molecule has 1 fully saturated rings. The molecular weight excluding hydrogens is 305 g/mol. The van der Waals surface area contributed by atoms with E-state index in [0.717, 1.165) is 5.56 Å². The Bertz CT molecular complexity index is 518. The fourth-order valence-corrected chi connectivity index (χ4v) is 2.95. The lowest BCUT2D eigenvalue weighted by Crippen LogP contribution is -2.51. The number of hydrogen-bond donors (Lipinski definition) is 1. The quantitative estimate of drug-likeness (QED) is 0.917. The van der Waals surface area contributed by atoms with Gasteiger partial charge in [-0.3, -0.25) is 9.69 Å². The van der Waals surface area contributed by atoms with Crippen molar-refractivity contribution < 1.29 is 18.0 Å². The summed E-state index contributed by atoms with van der Waals surface area (Å²) in [5.74, 6) is -1.57. The topological polar surface area (TPSA) is 32.3 Å². The number of benzene rings is 1. The maximum Gasteiger partial charge on any atom is 0.393 e. The van der Waals surface area contributed by atoms with Gasteiger partial charge in [-0.15, -0.1) is 0 Å². The second-order valence-electron chi connectivity index (χ2n) is 6.19. The van der Waals surface area contributed by atoms with Crippen LogP contribution in [0.15, 0.2) is 30.3 Å². The summed E-state index contributed by atoms with van der Waals surface area (Å²) in [6.07, 6.45) is -3.57. The van der Waals surface area contributed by atoms with E-state index < -0.39 is 18.1 Å². The molecule has 0 aliphatic carbocycles. The zero-order valence-electron chi connectivity index (χ0n) is 13.4. The Morgan fingerprint density at radius 1 is 1.26 bits per heavy atom. The van der Waals surface area contributed by atoms with Crippen LogP contribution in [-0.2, 0) is 4.79 Å². The van der Waals surface area contributed by atoms with Crippen LogP contribution < -0.4 is 5.32 Å². The summed E-state index contributed by atoms with van der Waals surface area (Å²) in [4.78, 5) is 14.0. The van der Waals surface area contributed by atoms with E-state index >= 15 is 0 Å². The van der Waals surface area contributed by atoms with Crippen molar-refractivity contribution in [3.63, 3.8) is 0 Å². The highest BCUT2D eigenvalue weighted by Crippen LogP contribution is 2.33. The highest BCUT2D eigenvalue weighted by Gasteiger charge is 2.43. The smallest absolute Gasteiger partial charge is 0.348 e. The van der Waals surface area contributed by atoms with Crippen LogP contribution in [0.2, 0.25) is 0 Å². The number of hydrogen-bond acceptors (Lipinski definition) is 2. The first-order valence-electron chi connectivity index (χ1n) is 7.95. The minimum atomic E-state index is -4.19. The lowest BCUT2D eigenvalue weighted by atomic mass is 9.96. The lowest BCUT2D eigenvalue weighted by Gasteiger charge is -2.37. The van der Waals surface area contributed by atoms with Crippen LogP contribution in [0.4, 0.5) is 13.2 Å². The summed E-state index contributed by atoms with van der Waals surface area (Å²) in [6.45, 7) is 3.97. The molecule has 2 rings (SSSR count). The normalized spacial score (nSPS) is 22.4. The minimum absolute atomic E-state index is 0.0994. The number of carbonyl (C=O) groups excluding carboxylic acids is 1. The molecule has 0 bridgehead atoms. The third-order valence-electron chi connectivity index (χ3n) is 4.50. The maximum absolute atomic E-state index is 12.9. The SMILES string of the molecule is C[C@H](NC(=O)[C@@H](C)N1CCC[C@@H](C(F)(F)F)C1)c1ccccc1. The van der Waals surface area contributed by atoms with E-state index in [1.807, 2.05) is 37.3 Å². The number of alkyl halides is 3. The third-order valence-corrected chi connectivity index (χ3v) is 4.50. The molecular formula is C17H23F3N2O. The molecule has 128 valence electrons. The number of amides is 1. The molecule has 1 amide bonds. The van der Waals surface area contributed by atoms with Gasteiger partial charge in [0.15, 0.2) is 0 Å². The van der Waals surface area contributed by atoms with Crippen LogP contribution in [0.5, 0.6) is 0 Å². The van der Waals surface area contributed by atoms with Crippen molar-refractivity contribution in [2.24, 2.45) is 5.92 Å². The molecule has 1 aromatic carbocycles. The molecule has 1 saturated heterocycles. The molecule has 0 saturated carbocycles. The number of nitrogens with zero attached hydrogens (tertiary/aromatic N) is 1. The molecule has 0 aromatic heterocycles. The summed E-state index contributed by atoms with van der Waals surface area (Å²) in [5, 5.41) is 2.88. The van der Waals surface area contributed by atoms with Crippen LogP contribution in [-0.4, -0.2) is 36.1 Å². The highest BCUT2D eigenvalue weighted by molar-refractivity contribution is 5.81. The Hall–Kier alpha value is -1.56. The fraction of sp³-hybridized carbons (Fsp3) is 0.588. The third kappa shape index (κ3) is 4.70. The first-order chi connectivity index (χ1) is 10.8. The average Bonchev–Trinajstić information content (AvgIpc) is 2.54. The predicted octanol–water partition coefficient (Wildman–Crippen LogP) is 3.53. The van der Waals surface area contributed by atoms with E-state index in [1.165, 1.54) is 0 Å². The average molecular weight is 328 g/mol. The van der Waals surface area contributed by atoms with Crippen molar-refractivity contribution >= 4 is 5.91 Å². The van der Waals surface area contributed by atoms with Gasteiger partial charge in [-0.1, -0.05) is 30.3 Å². The first kappa shape index (κ1) is 17.8. The zero-order valence-corrected chi connectivity index (χ0v) is 13.4. The van der Waals surface area contributed by atoms with Gasteiger partial charge in [0.2, 0.25) is 5.91 Å². The molecule has 0 unspecified atom stereocenters. The summed E-state index contributed by atoms with van der Waals surface area (Å²) in [5.41, 5.74) is 0.972. The van der Waals surface area contributed by atoms with Crippen molar-refractivity contribution in [3.8, 4) is 0 Å². The number of likely N-dealkylation sites (tertiary alicyclic amines) is 1. The van der Waals surface area contributed by atoms with E-state index in [4.69, 9.17) is 0 Å². The highest BCUT2D eigenvalue weighted by atomic mass is 19.4. The van der Waals surface area contributed by atoms with Crippen LogP contribution in [0.1, 0.15) is 38.3 Å². The lowest BCUT2D eigenvalue weighted by molar-refractivity contribution is -0.189. The Balaban J connectivity index is 1.94. The number of nitrogens with one attached hydrogen (secondary N) is 1. The maximum atomic E-state index is 12.9. The molecule has 23 heavy (non-hydrogen) atoms. The van der Waals surface area contributed by atoms with Crippen LogP contribution in [0, 0.1) is 5.92 Å². The van der Waals surface area contributed by atoms with Gasteiger partial charge in [0, 0.05) is 6.54 Å². The van der Waals surface area contributed by atoms with Gasteiger partial charge in [-0.25, -0.2) is 0 Å². The standard InChI is InChI=1S/C17H23F3N2O/c1-12(14-7-4-3-5-8-14)21-16(23)13(2)22-10-6-9-15(11-22)17(18,19)20/h3-5,7-8,12-13,15H,6,9-11H2,1-2H3,(H,21,23)/t12-,13+,15+/m0/s1. The monoisotopic (exact) mass is 328 g/mol. The summed E-state index contributed by atoms with van der Waals surface area (Å²) in [7, 11) is 0. The van der Waals surface area contributed by atoms with E-state index in [9.17, 15) is 18.0 Å². The summed E-state index contributed by atoms with van der Waals surface area (Å²) in [6, 6.07) is 8.76. The van der Waals surface area contributed by atoms with E-state index in [0.29, 0.717) is 13.0 Å². The number of carbonyl (C=O) groups is 1. The van der Waals surface area contributed by atoms with Crippen molar-refractivity contribution in [2.75, 3.05) is 13.1 Å². The number of piperidine rings is 1. The second kappa shape index (κ2) is 7.34. The molecule has 3 nitrogen and oxygen atoms in total. The van der Waals surface area contributed by atoms with E-state index in [-0.39, 0.29) is 24.9 Å². The Kier molecular flexibility index (Phi) is 5.68. The van der Waals surface area contributed by atoms with Crippen LogP contribution in [0.3, 0.4) is 0 Å². The summed E-state index contributed by atoms with van der Waals surface area (Å²) < 4.78 is 38.7. The molecule has 6 heteroatoms.